The van der Waals surface area contributed by atoms with Crippen molar-refractivity contribution < 1.29 is 64.7 Å². The molecule has 0 aliphatic carbocycles. The summed E-state index contributed by atoms with van der Waals surface area (Å²) in [7, 11) is -7.82. The number of sulfone groups is 1. The van der Waals surface area contributed by atoms with Crippen molar-refractivity contribution >= 4 is 95.7 Å². The topological polar surface area (TPSA) is 316 Å². The maximum absolute atomic E-state index is 12.9. The Morgan fingerprint density at radius 3 is 2.42 bits per heavy atom. The van der Waals surface area contributed by atoms with E-state index in [0.29, 0.717) is 0 Å². The van der Waals surface area contributed by atoms with Gasteiger partial charge < -0.3 is 15.2 Å². The van der Waals surface area contributed by atoms with E-state index in [1.165, 1.54) is 25.3 Å². The van der Waals surface area contributed by atoms with Crippen LogP contribution in [0.5, 0.6) is 11.5 Å². The average molecular weight is 795 g/mol. The van der Waals surface area contributed by atoms with Crippen LogP contribution in [0.1, 0.15) is 0 Å². The summed E-state index contributed by atoms with van der Waals surface area (Å²) in [6, 6.07) is 7.04. The third kappa shape index (κ3) is 9.52. The zero-order valence-corrected chi connectivity index (χ0v) is 28.5. The van der Waals surface area contributed by atoms with Crippen molar-refractivity contribution in [2.45, 2.75) is 14.7 Å². The number of azo groups is 1. The highest BCUT2D eigenvalue weighted by molar-refractivity contribution is 7.94. The number of aromatic nitrogens is 3. The highest BCUT2D eigenvalue weighted by Crippen LogP contribution is 2.47. The highest BCUT2D eigenvalue weighted by Gasteiger charge is 2.26. The van der Waals surface area contributed by atoms with E-state index in [-0.39, 0.29) is 85.8 Å². The minimum absolute atomic E-state index is 0.0494. The van der Waals surface area contributed by atoms with E-state index in [0.717, 1.165) is 18.2 Å². The number of phenols is 1. The summed E-state index contributed by atoms with van der Waals surface area (Å²) in [5.74, 6) is -1.84. The molecule has 266 valence electrons. The van der Waals surface area contributed by atoms with E-state index in [1.54, 1.807) is 6.19 Å². The molecule has 1 aromatic heterocycles. The second-order valence-electron chi connectivity index (χ2n) is 8.81. The summed E-state index contributed by atoms with van der Waals surface area (Å²) < 4.78 is 79.9. The minimum Gasteiger partial charge on any atom is -0.505 e. The van der Waals surface area contributed by atoms with Crippen LogP contribution in [0.25, 0.3) is 10.8 Å². The summed E-state index contributed by atoms with van der Waals surface area (Å²) in [6.45, 7) is -0.372. The number of hydrogen-bond donors (Lipinski definition) is 6. The first-order valence-corrected chi connectivity index (χ1v) is 17.6. The summed E-state index contributed by atoms with van der Waals surface area (Å²) in [5.41, 5.74) is -0.866. The molecule has 0 fully saturated rings. The Hall–Kier alpha value is -4.21. The average Bonchev–Trinajstić information content (AvgIpc) is 3.06. The first-order chi connectivity index (χ1) is 23.8. The number of benzene rings is 3. The first-order valence-electron chi connectivity index (χ1n) is 12.7. The number of methoxy groups -OCH3 is 1. The summed E-state index contributed by atoms with van der Waals surface area (Å²) >= 11 is 6.29. The molecule has 0 saturated heterocycles. The van der Waals surface area contributed by atoms with E-state index in [4.69, 9.17) is 36.3 Å². The van der Waals surface area contributed by atoms with Gasteiger partial charge in [-0.05, 0) is 48.0 Å². The number of halogens is 1. The fraction of sp³-hybridized carbons (Fsp3) is 0.130. The molecule has 0 saturated carbocycles. The van der Waals surface area contributed by atoms with E-state index < -0.39 is 42.0 Å². The number of hydrogen-bond acceptors (Lipinski definition) is 23. The fourth-order valence-electron chi connectivity index (χ4n) is 3.99. The molecule has 0 atom stereocenters. The lowest BCUT2D eigenvalue weighted by Crippen LogP contribution is -2.11. The molecule has 4 rings (SSSR count). The number of anilines is 3. The second-order valence-corrected chi connectivity index (χ2v) is 13.9. The molecule has 0 radical (unpaired) electrons. The van der Waals surface area contributed by atoms with Gasteiger partial charge in [-0.2, -0.15) is 28.6 Å². The van der Waals surface area contributed by atoms with Gasteiger partial charge in [0.2, 0.25) is 17.2 Å². The molecule has 0 aliphatic heterocycles. The van der Waals surface area contributed by atoms with Gasteiger partial charge in [-0.3, -0.25) is 14.1 Å². The van der Waals surface area contributed by atoms with Crippen molar-refractivity contribution in [1.29, 1.82) is 5.26 Å². The molecular formula is C23H19ClN8O14S4. The molecule has 22 nitrogen and oxygen atoms in total. The van der Waals surface area contributed by atoms with Gasteiger partial charge in [-0.25, -0.2) is 18.9 Å². The van der Waals surface area contributed by atoms with Crippen LogP contribution in [-0.2, 0) is 42.9 Å². The smallest absolute Gasteiger partial charge is 0.297 e. The zero-order chi connectivity index (χ0) is 36.5. The quantitative estimate of drug-likeness (QED) is 0.0121. The number of nitrogens with one attached hydrogen (secondary N) is 2. The molecule has 1 heterocycles. The van der Waals surface area contributed by atoms with Gasteiger partial charge in [0, 0.05) is 10.8 Å². The van der Waals surface area contributed by atoms with Crippen LogP contribution in [0.15, 0.2) is 61.3 Å². The predicted octanol–water partition coefficient (Wildman–Crippen LogP) is 4.89. The number of nitrogens with zero attached hydrogens (tertiary/aromatic N) is 6. The van der Waals surface area contributed by atoms with Crippen LogP contribution in [0.3, 0.4) is 0 Å². The number of phenolic OH excluding ortho intramolecular Hbond substituents is 1. The van der Waals surface area contributed by atoms with Gasteiger partial charge in [0.1, 0.15) is 22.0 Å². The third-order valence-corrected chi connectivity index (χ3v) is 9.73. The van der Waals surface area contributed by atoms with Crippen LogP contribution in [-0.4, -0.2) is 71.4 Å². The van der Waals surface area contributed by atoms with Gasteiger partial charge in [-0.15, -0.1) is 18.9 Å². The van der Waals surface area contributed by atoms with E-state index in [1.807, 2.05) is 0 Å². The predicted molar refractivity (Wildman–Crippen MR) is 171 cm³/mol. The van der Waals surface area contributed by atoms with E-state index in [2.05, 4.69) is 54.6 Å². The largest absolute Gasteiger partial charge is 0.505 e. The van der Waals surface area contributed by atoms with Gasteiger partial charge in [0.05, 0.1) is 47.0 Å². The third-order valence-electron chi connectivity index (χ3n) is 5.93. The normalized spacial score (nSPS) is 11.9. The maximum atomic E-state index is 12.9. The van der Waals surface area contributed by atoms with E-state index >= 15 is 0 Å². The number of fused-ring (bicyclic) bond motifs is 1. The van der Waals surface area contributed by atoms with E-state index in [9.17, 15) is 26.5 Å². The molecule has 27 heteroatoms. The Morgan fingerprint density at radius 2 is 1.74 bits per heavy atom. The number of nitriles is 1. The zero-order valence-electron chi connectivity index (χ0n) is 24.4. The molecule has 0 amide bonds. The van der Waals surface area contributed by atoms with Crippen LogP contribution >= 0.6 is 36.0 Å². The molecule has 0 bridgehead atoms. The number of aromatic hydroxyl groups is 1. The molecule has 6 N–H and O–H groups in total. The lowest BCUT2D eigenvalue weighted by atomic mass is 10.1. The molecule has 50 heavy (non-hydrogen) atoms. The van der Waals surface area contributed by atoms with Crippen molar-refractivity contribution in [3.63, 3.8) is 0 Å². The standard InChI is InChI=1S/C23H19ClN8O14S4/c1-41-16-5-2-11(49(36,37)7-6-42-48-46-44-35)8-15(16)31-32-18-17(47-45-43-34)9-13-12(19(18)33)3-4-14(20(13)50(38,39)40)27-23-29-21(24)28-22(30-23)26-10-25/h2-5,8-9,33-35H,6-7H2,1H3,(H,38,39,40)(H2,26,27,28,29,30)/b32-31+. The molecule has 0 spiro atoms. The Labute approximate surface area is 293 Å². The highest BCUT2D eigenvalue weighted by atomic mass is 35.5. The van der Waals surface area contributed by atoms with Gasteiger partial charge in [0.25, 0.3) is 10.1 Å². The lowest BCUT2D eigenvalue weighted by molar-refractivity contribution is -0.434. The van der Waals surface area contributed by atoms with Crippen LogP contribution in [0.4, 0.5) is 29.0 Å². The van der Waals surface area contributed by atoms with Gasteiger partial charge in [0.15, 0.2) is 34.1 Å². The Bertz CT molecular complexity index is 2170. The van der Waals surface area contributed by atoms with Crippen LogP contribution < -0.4 is 15.4 Å². The van der Waals surface area contributed by atoms with Gasteiger partial charge >= 0.3 is 0 Å². The molecule has 0 unspecified atom stereocenters. The van der Waals surface area contributed by atoms with Crippen LogP contribution in [0, 0.1) is 11.5 Å². The fourth-order valence-corrected chi connectivity index (χ4v) is 6.90. The lowest BCUT2D eigenvalue weighted by Gasteiger charge is -2.15. The molecule has 3 aromatic carbocycles. The maximum Gasteiger partial charge on any atom is 0.297 e. The number of rotatable bonds is 17. The van der Waals surface area contributed by atoms with Crippen LogP contribution in [0.2, 0.25) is 5.28 Å². The summed E-state index contributed by atoms with van der Waals surface area (Å²) in [6.07, 6.45) is 1.58. The number of ether oxygens (including phenoxy) is 1. The summed E-state index contributed by atoms with van der Waals surface area (Å²) in [4.78, 5) is 10.1. The van der Waals surface area contributed by atoms with Crippen molar-refractivity contribution in [3.05, 3.63) is 41.7 Å². The molecule has 0 aliphatic rings. The van der Waals surface area contributed by atoms with Gasteiger partial charge in [-0.1, -0.05) is 10.1 Å². The Kier molecular flexibility index (Phi) is 13.2. The van der Waals surface area contributed by atoms with Crippen molar-refractivity contribution in [1.82, 2.24) is 15.0 Å². The van der Waals surface area contributed by atoms with Crippen molar-refractivity contribution in [2.24, 2.45) is 10.2 Å². The monoisotopic (exact) mass is 794 g/mol. The minimum atomic E-state index is -5.11. The first kappa shape index (κ1) is 38.6. The molecular weight excluding hydrogens is 776 g/mol. The molecule has 4 aromatic rings. The Balaban J connectivity index is 1.82. The Morgan fingerprint density at radius 1 is 1.00 bits per heavy atom. The van der Waals surface area contributed by atoms with Crippen molar-refractivity contribution in [3.8, 4) is 17.7 Å². The SMILES string of the molecule is COc1ccc(S(=O)(=O)CCOSOOO)cc1/N=N/c1c(SOOO)cc2c(S(=O)(=O)O)c(Nc3nc(Cl)nc(NC#N)n3)ccc2c1O. The summed E-state index contributed by atoms with van der Waals surface area (Å²) in [5, 5.41) is 55.8. The second kappa shape index (κ2) is 17.1. The van der Waals surface area contributed by atoms with Crippen molar-refractivity contribution in [2.75, 3.05) is 30.1 Å².